The van der Waals surface area contributed by atoms with Crippen LogP contribution in [0.3, 0.4) is 0 Å². The Morgan fingerprint density at radius 1 is 1.27 bits per heavy atom. The van der Waals surface area contributed by atoms with E-state index in [4.69, 9.17) is 9.47 Å². The number of nitrogens with zero attached hydrogens (tertiary/aromatic N) is 1. The lowest BCUT2D eigenvalue weighted by atomic mass is 10.2. The van der Waals surface area contributed by atoms with Gasteiger partial charge in [0.15, 0.2) is 17.5 Å². The van der Waals surface area contributed by atoms with Crippen LogP contribution in [0.1, 0.15) is 31.2 Å². The number of methoxy groups -OCH3 is 2. The first kappa shape index (κ1) is 16.9. The molecule has 1 aromatic carbocycles. The summed E-state index contributed by atoms with van der Waals surface area (Å²) in [6, 6.07) is 4.54. The van der Waals surface area contributed by atoms with E-state index in [0.717, 1.165) is 16.0 Å². The van der Waals surface area contributed by atoms with Gasteiger partial charge in [0.1, 0.15) is 0 Å². The molecule has 5 nitrogen and oxygen atoms in total. The number of guanidine groups is 1. The molecule has 1 saturated carbocycles. The number of aliphatic imine (C=N–C) groups is 1. The predicted molar refractivity (Wildman–Crippen MR) is 92.8 cm³/mol. The first-order valence-corrected chi connectivity index (χ1v) is 8.34. The van der Waals surface area contributed by atoms with Crippen LogP contribution in [0.2, 0.25) is 0 Å². The lowest BCUT2D eigenvalue weighted by Gasteiger charge is -2.17. The molecule has 0 saturated heterocycles. The normalized spacial score (nSPS) is 15.7. The molecule has 0 heterocycles. The van der Waals surface area contributed by atoms with Crippen LogP contribution in [0.4, 0.5) is 0 Å². The van der Waals surface area contributed by atoms with Crippen LogP contribution in [-0.4, -0.2) is 33.3 Å². The first-order chi connectivity index (χ1) is 10.7. The largest absolute Gasteiger partial charge is 0.493 e. The Bertz CT molecular complexity index is 528. The molecule has 22 heavy (non-hydrogen) atoms. The SMILES string of the molecule is CN=C(NCc1cc(Br)c(OC)c(OC)c1)NC1CCCC1. The summed E-state index contributed by atoms with van der Waals surface area (Å²) in [5, 5.41) is 6.82. The highest BCUT2D eigenvalue weighted by atomic mass is 79.9. The molecule has 2 N–H and O–H groups in total. The Morgan fingerprint density at radius 3 is 2.59 bits per heavy atom. The molecule has 0 aromatic heterocycles. The second-order valence-electron chi connectivity index (χ2n) is 5.36. The second-order valence-corrected chi connectivity index (χ2v) is 6.22. The van der Waals surface area contributed by atoms with Crippen LogP contribution in [0.15, 0.2) is 21.6 Å². The van der Waals surface area contributed by atoms with E-state index < -0.39 is 0 Å². The van der Waals surface area contributed by atoms with Crippen molar-refractivity contribution in [2.45, 2.75) is 38.3 Å². The van der Waals surface area contributed by atoms with Gasteiger partial charge in [-0.25, -0.2) is 0 Å². The Morgan fingerprint density at radius 2 is 2.00 bits per heavy atom. The number of nitrogens with one attached hydrogen (secondary N) is 2. The number of hydrogen-bond acceptors (Lipinski definition) is 3. The molecule has 1 fully saturated rings. The molecule has 6 heteroatoms. The van der Waals surface area contributed by atoms with Gasteiger partial charge in [0.05, 0.1) is 18.7 Å². The third-order valence-electron chi connectivity index (χ3n) is 3.87. The zero-order valence-electron chi connectivity index (χ0n) is 13.4. The van der Waals surface area contributed by atoms with Crippen molar-refractivity contribution in [3.63, 3.8) is 0 Å². The number of rotatable bonds is 5. The standard InChI is InChI=1S/C16H24BrN3O2/c1-18-16(20-12-6-4-5-7-12)19-10-11-8-13(17)15(22-3)14(9-11)21-2/h8-9,12H,4-7,10H2,1-3H3,(H2,18,19,20). The van der Waals surface area contributed by atoms with Gasteiger partial charge in [-0.3, -0.25) is 4.99 Å². The minimum Gasteiger partial charge on any atom is -0.493 e. The van der Waals surface area contributed by atoms with Crippen molar-refractivity contribution in [3.8, 4) is 11.5 Å². The van der Waals surface area contributed by atoms with Crippen molar-refractivity contribution in [2.24, 2.45) is 4.99 Å². The summed E-state index contributed by atoms with van der Waals surface area (Å²) in [5.74, 6) is 2.27. The highest BCUT2D eigenvalue weighted by Crippen LogP contribution is 2.36. The smallest absolute Gasteiger partial charge is 0.191 e. The van der Waals surface area contributed by atoms with Crippen molar-refractivity contribution in [1.29, 1.82) is 0 Å². The van der Waals surface area contributed by atoms with E-state index in [9.17, 15) is 0 Å². The van der Waals surface area contributed by atoms with E-state index in [1.54, 1.807) is 21.3 Å². The molecular formula is C16H24BrN3O2. The Kier molecular flexibility index (Phi) is 6.36. The number of ether oxygens (including phenoxy) is 2. The van der Waals surface area contributed by atoms with E-state index in [1.807, 2.05) is 12.1 Å². The average Bonchev–Trinajstić information content (AvgIpc) is 3.03. The van der Waals surface area contributed by atoms with Gasteiger partial charge in [-0.05, 0) is 46.5 Å². The molecule has 0 unspecified atom stereocenters. The van der Waals surface area contributed by atoms with Gasteiger partial charge >= 0.3 is 0 Å². The third-order valence-corrected chi connectivity index (χ3v) is 4.46. The first-order valence-electron chi connectivity index (χ1n) is 7.55. The lowest BCUT2D eigenvalue weighted by Crippen LogP contribution is -2.41. The zero-order valence-corrected chi connectivity index (χ0v) is 15.0. The molecule has 0 atom stereocenters. The summed E-state index contributed by atoms with van der Waals surface area (Å²) in [7, 11) is 5.07. The molecule has 0 amide bonds. The molecule has 0 bridgehead atoms. The van der Waals surface area contributed by atoms with Gasteiger partial charge < -0.3 is 20.1 Å². The van der Waals surface area contributed by atoms with Gasteiger partial charge in [-0.1, -0.05) is 12.8 Å². The summed E-state index contributed by atoms with van der Waals surface area (Å²) in [5.41, 5.74) is 1.10. The van der Waals surface area contributed by atoms with Crippen LogP contribution in [0, 0.1) is 0 Å². The lowest BCUT2D eigenvalue weighted by molar-refractivity contribution is 0.352. The summed E-state index contributed by atoms with van der Waals surface area (Å²) in [6.45, 7) is 0.672. The van der Waals surface area contributed by atoms with Crippen LogP contribution >= 0.6 is 15.9 Å². The van der Waals surface area contributed by atoms with Gasteiger partial charge in [0.25, 0.3) is 0 Å². The Labute approximate surface area is 140 Å². The van der Waals surface area contributed by atoms with Gasteiger partial charge in [0.2, 0.25) is 0 Å². The summed E-state index contributed by atoms with van der Waals surface area (Å²) >= 11 is 3.52. The maximum absolute atomic E-state index is 5.37. The van der Waals surface area contributed by atoms with Crippen molar-refractivity contribution in [2.75, 3.05) is 21.3 Å². The quantitative estimate of drug-likeness (QED) is 0.618. The Hall–Kier alpha value is -1.43. The molecule has 1 aliphatic carbocycles. The number of halogens is 1. The topological polar surface area (TPSA) is 54.9 Å². The fraction of sp³-hybridized carbons (Fsp3) is 0.562. The molecule has 0 radical (unpaired) electrons. The average molecular weight is 370 g/mol. The van der Waals surface area contributed by atoms with Crippen LogP contribution < -0.4 is 20.1 Å². The molecule has 1 aromatic rings. The highest BCUT2D eigenvalue weighted by molar-refractivity contribution is 9.10. The molecule has 2 rings (SSSR count). The van der Waals surface area contributed by atoms with E-state index in [1.165, 1.54) is 25.7 Å². The van der Waals surface area contributed by atoms with Crippen LogP contribution in [0.5, 0.6) is 11.5 Å². The minimum atomic E-state index is 0.545. The van der Waals surface area contributed by atoms with E-state index in [0.29, 0.717) is 24.1 Å². The van der Waals surface area contributed by atoms with Gasteiger partial charge in [-0.15, -0.1) is 0 Å². The Balaban J connectivity index is 1.99. The van der Waals surface area contributed by atoms with Crippen LogP contribution in [-0.2, 0) is 6.54 Å². The maximum atomic E-state index is 5.37. The van der Waals surface area contributed by atoms with E-state index in [-0.39, 0.29) is 0 Å². The monoisotopic (exact) mass is 369 g/mol. The van der Waals surface area contributed by atoms with Crippen molar-refractivity contribution < 1.29 is 9.47 Å². The van der Waals surface area contributed by atoms with Crippen LogP contribution in [0.25, 0.3) is 0 Å². The predicted octanol–water partition coefficient (Wildman–Crippen LogP) is 3.07. The fourth-order valence-electron chi connectivity index (χ4n) is 2.72. The summed E-state index contributed by atoms with van der Waals surface area (Å²) < 4.78 is 11.6. The summed E-state index contributed by atoms with van der Waals surface area (Å²) in [6.07, 6.45) is 5.06. The van der Waals surface area contributed by atoms with Gasteiger partial charge in [0, 0.05) is 19.6 Å². The van der Waals surface area contributed by atoms with E-state index >= 15 is 0 Å². The van der Waals surface area contributed by atoms with Gasteiger partial charge in [-0.2, -0.15) is 0 Å². The molecule has 0 aliphatic heterocycles. The molecule has 0 spiro atoms. The third kappa shape index (κ3) is 4.29. The molecular weight excluding hydrogens is 346 g/mol. The van der Waals surface area contributed by atoms with E-state index in [2.05, 4.69) is 31.6 Å². The van der Waals surface area contributed by atoms with Crippen molar-refractivity contribution in [1.82, 2.24) is 10.6 Å². The number of hydrogen-bond donors (Lipinski definition) is 2. The highest BCUT2D eigenvalue weighted by Gasteiger charge is 2.16. The number of benzene rings is 1. The van der Waals surface area contributed by atoms with Crippen molar-refractivity contribution in [3.05, 3.63) is 22.2 Å². The van der Waals surface area contributed by atoms with Crippen molar-refractivity contribution >= 4 is 21.9 Å². The minimum absolute atomic E-state index is 0.545. The summed E-state index contributed by atoms with van der Waals surface area (Å²) in [4.78, 5) is 4.29. The molecule has 1 aliphatic rings. The fourth-order valence-corrected chi connectivity index (χ4v) is 3.37. The zero-order chi connectivity index (χ0) is 15.9. The maximum Gasteiger partial charge on any atom is 0.191 e. The molecule has 122 valence electrons. The second kappa shape index (κ2) is 8.27.